The summed E-state index contributed by atoms with van der Waals surface area (Å²) in [7, 11) is 1.42. The molecule has 0 saturated heterocycles. The average molecular weight is 220 g/mol. The lowest BCUT2D eigenvalue weighted by atomic mass is 10.2. The highest BCUT2D eigenvalue weighted by atomic mass is 35.5. The second kappa shape index (κ2) is 3.91. The van der Waals surface area contributed by atoms with Gasteiger partial charge in [-0.25, -0.2) is 10.8 Å². The van der Waals surface area contributed by atoms with Crippen molar-refractivity contribution in [2.45, 2.75) is 0 Å². The first kappa shape index (κ1) is 10.2. The van der Waals surface area contributed by atoms with Crippen molar-refractivity contribution in [3.8, 4) is 0 Å². The van der Waals surface area contributed by atoms with Crippen LogP contribution >= 0.6 is 23.2 Å². The van der Waals surface area contributed by atoms with E-state index in [4.69, 9.17) is 29.0 Å². The zero-order chi connectivity index (χ0) is 10.0. The second-order valence-corrected chi connectivity index (χ2v) is 3.20. The lowest BCUT2D eigenvalue weighted by Gasteiger charge is -2.10. The summed E-state index contributed by atoms with van der Waals surface area (Å²) in [5, 5.41) is 1.40. The first-order valence-corrected chi connectivity index (χ1v) is 4.11. The first-order valence-electron chi connectivity index (χ1n) is 3.36. The van der Waals surface area contributed by atoms with E-state index < -0.39 is 5.91 Å². The lowest BCUT2D eigenvalue weighted by molar-refractivity contribution is 0.0795. The maximum absolute atomic E-state index is 11.3. The van der Waals surface area contributed by atoms with E-state index in [0.717, 1.165) is 5.01 Å². The fraction of sp³-hybridized carbons (Fsp3) is 0.143. The molecule has 0 fully saturated rings. The van der Waals surface area contributed by atoms with E-state index in [2.05, 4.69) is 4.98 Å². The largest absolute Gasteiger partial charge is 0.280 e. The molecular weight excluding hydrogens is 213 g/mol. The minimum absolute atomic E-state index is 0.232. The number of amides is 1. The van der Waals surface area contributed by atoms with Gasteiger partial charge in [0.25, 0.3) is 5.91 Å². The quantitative estimate of drug-likeness (QED) is 0.336. The highest BCUT2D eigenvalue weighted by Crippen LogP contribution is 2.18. The van der Waals surface area contributed by atoms with Crippen molar-refractivity contribution in [3.05, 3.63) is 28.0 Å². The Morgan fingerprint density at radius 3 is 2.69 bits per heavy atom. The van der Waals surface area contributed by atoms with E-state index in [0.29, 0.717) is 0 Å². The number of hydrogen-bond donors (Lipinski definition) is 1. The van der Waals surface area contributed by atoms with E-state index in [-0.39, 0.29) is 15.7 Å². The van der Waals surface area contributed by atoms with Crippen LogP contribution in [0, 0.1) is 0 Å². The van der Waals surface area contributed by atoms with Crippen LogP contribution in [0.2, 0.25) is 10.2 Å². The van der Waals surface area contributed by atoms with Gasteiger partial charge in [-0.3, -0.25) is 9.80 Å². The van der Waals surface area contributed by atoms with Gasteiger partial charge in [0.15, 0.2) is 0 Å². The SMILES string of the molecule is CN(N)C(=O)c1cnc(Cl)cc1Cl. The number of halogens is 2. The van der Waals surface area contributed by atoms with Crippen LogP contribution in [0.3, 0.4) is 0 Å². The molecule has 4 nitrogen and oxygen atoms in total. The van der Waals surface area contributed by atoms with Gasteiger partial charge in [0.05, 0.1) is 10.6 Å². The number of pyridine rings is 1. The summed E-state index contributed by atoms with van der Waals surface area (Å²) in [6, 6.07) is 1.39. The van der Waals surface area contributed by atoms with Crippen LogP contribution in [0.25, 0.3) is 0 Å². The van der Waals surface area contributed by atoms with Gasteiger partial charge in [-0.15, -0.1) is 0 Å². The minimum Gasteiger partial charge on any atom is -0.280 e. The van der Waals surface area contributed by atoms with Gasteiger partial charge >= 0.3 is 0 Å². The predicted molar refractivity (Wildman–Crippen MR) is 50.5 cm³/mol. The normalized spacial score (nSPS) is 9.85. The molecule has 0 aliphatic heterocycles. The van der Waals surface area contributed by atoms with Gasteiger partial charge < -0.3 is 0 Å². The van der Waals surface area contributed by atoms with E-state index >= 15 is 0 Å². The van der Waals surface area contributed by atoms with Crippen molar-refractivity contribution in [1.29, 1.82) is 0 Å². The molecule has 0 aliphatic rings. The zero-order valence-corrected chi connectivity index (χ0v) is 8.30. The maximum Gasteiger partial charge on any atom is 0.270 e. The number of aromatic nitrogens is 1. The zero-order valence-electron chi connectivity index (χ0n) is 6.79. The molecule has 70 valence electrons. The molecule has 6 heteroatoms. The van der Waals surface area contributed by atoms with E-state index in [1.54, 1.807) is 0 Å². The average Bonchev–Trinajstić information content (AvgIpc) is 2.03. The molecule has 0 atom stereocenters. The summed E-state index contributed by atoms with van der Waals surface area (Å²) in [5.41, 5.74) is 0.232. The summed E-state index contributed by atoms with van der Waals surface area (Å²) in [4.78, 5) is 15.0. The number of hydrogen-bond acceptors (Lipinski definition) is 3. The van der Waals surface area contributed by atoms with Gasteiger partial charge in [0.1, 0.15) is 5.15 Å². The van der Waals surface area contributed by atoms with Crippen LogP contribution in [0.4, 0.5) is 0 Å². The van der Waals surface area contributed by atoms with E-state index in [1.807, 2.05) is 0 Å². The van der Waals surface area contributed by atoms with Gasteiger partial charge in [0.2, 0.25) is 0 Å². The Morgan fingerprint density at radius 1 is 1.62 bits per heavy atom. The molecule has 1 heterocycles. The summed E-state index contributed by atoms with van der Waals surface area (Å²) in [6.45, 7) is 0. The molecule has 1 aromatic rings. The Hall–Kier alpha value is -0.840. The van der Waals surface area contributed by atoms with Crippen LogP contribution < -0.4 is 5.84 Å². The Morgan fingerprint density at radius 2 is 2.23 bits per heavy atom. The summed E-state index contributed by atoms with van der Waals surface area (Å²) in [6.07, 6.45) is 1.29. The highest BCUT2D eigenvalue weighted by Gasteiger charge is 2.13. The minimum atomic E-state index is -0.408. The number of nitrogens with two attached hydrogens (primary N) is 1. The molecule has 1 amide bonds. The highest BCUT2D eigenvalue weighted by molar-refractivity contribution is 6.36. The molecule has 1 rings (SSSR count). The van der Waals surface area contributed by atoms with Crippen molar-refractivity contribution >= 4 is 29.1 Å². The number of carbonyl (C=O) groups is 1. The second-order valence-electron chi connectivity index (χ2n) is 2.40. The van der Waals surface area contributed by atoms with E-state index in [1.165, 1.54) is 19.3 Å². The van der Waals surface area contributed by atoms with Gasteiger partial charge in [-0.1, -0.05) is 23.2 Å². The molecule has 0 radical (unpaired) electrons. The van der Waals surface area contributed by atoms with Crippen molar-refractivity contribution in [2.75, 3.05) is 7.05 Å². The molecule has 1 aromatic heterocycles. The smallest absolute Gasteiger partial charge is 0.270 e. The fourth-order valence-corrected chi connectivity index (χ4v) is 1.20. The Kier molecular flexibility index (Phi) is 3.08. The molecule has 0 unspecified atom stereocenters. The van der Waals surface area contributed by atoms with Crippen molar-refractivity contribution in [2.24, 2.45) is 5.84 Å². The standard InChI is InChI=1S/C7H7Cl2N3O/c1-12(10)7(13)4-3-11-6(9)2-5(4)8/h2-3H,10H2,1H3. The number of hydrazine groups is 1. The first-order chi connectivity index (χ1) is 6.02. The molecule has 13 heavy (non-hydrogen) atoms. The Balaban J connectivity index is 3.09. The molecule has 0 saturated carbocycles. The predicted octanol–water partition coefficient (Wildman–Crippen LogP) is 1.33. The third-order valence-corrected chi connectivity index (χ3v) is 1.89. The van der Waals surface area contributed by atoms with Gasteiger partial charge in [0, 0.05) is 13.2 Å². The molecule has 0 aromatic carbocycles. The molecule has 2 N–H and O–H groups in total. The molecule has 0 bridgehead atoms. The lowest BCUT2D eigenvalue weighted by Crippen LogP contribution is -2.33. The van der Waals surface area contributed by atoms with Crippen LogP contribution in [-0.2, 0) is 0 Å². The fourth-order valence-electron chi connectivity index (χ4n) is 0.755. The summed E-state index contributed by atoms with van der Waals surface area (Å²) < 4.78 is 0. The third kappa shape index (κ3) is 2.30. The van der Waals surface area contributed by atoms with Crippen LogP contribution in [0.1, 0.15) is 10.4 Å². The Labute approximate surface area is 85.2 Å². The summed E-state index contributed by atoms with van der Waals surface area (Å²) in [5.74, 6) is 4.83. The van der Waals surface area contributed by atoms with Crippen molar-refractivity contribution < 1.29 is 4.79 Å². The number of carbonyl (C=O) groups excluding carboxylic acids is 1. The number of rotatable bonds is 1. The van der Waals surface area contributed by atoms with Crippen molar-refractivity contribution in [1.82, 2.24) is 9.99 Å². The monoisotopic (exact) mass is 219 g/mol. The molecule has 0 aliphatic carbocycles. The van der Waals surface area contributed by atoms with E-state index in [9.17, 15) is 4.79 Å². The molecular formula is C7H7Cl2N3O. The summed E-state index contributed by atoms with van der Waals surface area (Å²) >= 11 is 11.3. The van der Waals surface area contributed by atoms with Gasteiger partial charge in [-0.05, 0) is 6.07 Å². The maximum atomic E-state index is 11.3. The Bertz CT molecular complexity index is 341. The third-order valence-electron chi connectivity index (χ3n) is 1.37. The number of nitrogens with zero attached hydrogens (tertiary/aromatic N) is 2. The molecule has 0 spiro atoms. The van der Waals surface area contributed by atoms with Gasteiger partial charge in [-0.2, -0.15) is 0 Å². The van der Waals surface area contributed by atoms with Crippen LogP contribution in [0.5, 0.6) is 0 Å². The van der Waals surface area contributed by atoms with Crippen LogP contribution in [-0.4, -0.2) is 22.9 Å². The van der Waals surface area contributed by atoms with Crippen LogP contribution in [0.15, 0.2) is 12.3 Å². The van der Waals surface area contributed by atoms with Crippen molar-refractivity contribution in [3.63, 3.8) is 0 Å². The topological polar surface area (TPSA) is 59.2 Å².